The minimum atomic E-state index is -0.155. The van der Waals surface area contributed by atoms with Gasteiger partial charge in [-0.2, -0.15) is 0 Å². The average molecular weight is 197 g/mol. The molecule has 0 bridgehead atoms. The zero-order valence-corrected chi connectivity index (χ0v) is 9.68. The van der Waals surface area contributed by atoms with Gasteiger partial charge in [0.2, 0.25) is 0 Å². The van der Waals surface area contributed by atoms with Crippen LogP contribution in [-0.2, 0) is 4.74 Å². The summed E-state index contributed by atoms with van der Waals surface area (Å²) in [5.74, 6) is 0. The molecule has 1 fully saturated rings. The molecule has 1 atom stereocenters. The van der Waals surface area contributed by atoms with Crippen molar-refractivity contribution in [2.45, 2.75) is 51.2 Å². The molecular weight excluding hydrogens is 174 g/mol. The van der Waals surface area contributed by atoms with E-state index in [0.29, 0.717) is 5.41 Å². The Morgan fingerprint density at radius 3 is 2.14 bits per heavy atom. The standard InChI is InChI=1S/C12H23NO/c1-5-10(13)12(14-4)8-6-11(2,3)7-9-12/h5,10H,1,6-9,13H2,2-4H3. The van der Waals surface area contributed by atoms with E-state index >= 15 is 0 Å². The first kappa shape index (κ1) is 11.7. The summed E-state index contributed by atoms with van der Waals surface area (Å²) in [4.78, 5) is 0. The van der Waals surface area contributed by atoms with Crippen LogP contribution in [0.4, 0.5) is 0 Å². The lowest BCUT2D eigenvalue weighted by Gasteiger charge is -2.45. The third kappa shape index (κ3) is 2.18. The van der Waals surface area contributed by atoms with Gasteiger partial charge in [0.25, 0.3) is 0 Å². The zero-order chi connectivity index (χ0) is 10.8. The number of hydrogen-bond acceptors (Lipinski definition) is 2. The summed E-state index contributed by atoms with van der Waals surface area (Å²) in [7, 11) is 1.77. The monoisotopic (exact) mass is 197 g/mol. The lowest BCUT2D eigenvalue weighted by Crippen LogP contribution is -2.51. The summed E-state index contributed by atoms with van der Waals surface area (Å²) in [5, 5.41) is 0. The van der Waals surface area contributed by atoms with Crippen molar-refractivity contribution in [2.24, 2.45) is 11.1 Å². The molecule has 2 N–H and O–H groups in total. The lowest BCUT2D eigenvalue weighted by atomic mass is 9.68. The van der Waals surface area contributed by atoms with Crippen molar-refractivity contribution in [3.05, 3.63) is 12.7 Å². The van der Waals surface area contributed by atoms with E-state index in [1.54, 1.807) is 7.11 Å². The Morgan fingerprint density at radius 1 is 1.29 bits per heavy atom. The maximum absolute atomic E-state index is 6.04. The molecule has 0 aromatic carbocycles. The molecule has 1 unspecified atom stereocenters. The molecule has 0 aromatic rings. The van der Waals surface area contributed by atoms with Crippen LogP contribution in [-0.4, -0.2) is 18.8 Å². The van der Waals surface area contributed by atoms with Gasteiger partial charge >= 0.3 is 0 Å². The van der Waals surface area contributed by atoms with Gasteiger partial charge in [-0.05, 0) is 31.1 Å². The minimum absolute atomic E-state index is 0.0383. The van der Waals surface area contributed by atoms with E-state index < -0.39 is 0 Å². The second-order valence-electron chi connectivity index (χ2n) is 5.19. The molecule has 0 amide bonds. The summed E-state index contributed by atoms with van der Waals surface area (Å²) in [6.45, 7) is 8.38. The SMILES string of the molecule is C=CC(N)C1(OC)CCC(C)(C)CC1. The predicted molar refractivity (Wildman–Crippen MR) is 60.2 cm³/mol. The third-order valence-corrected chi connectivity index (χ3v) is 3.72. The Hall–Kier alpha value is -0.340. The molecule has 1 rings (SSSR count). The Labute approximate surface area is 87.5 Å². The quantitative estimate of drug-likeness (QED) is 0.705. The van der Waals surface area contributed by atoms with Gasteiger partial charge in [-0.1, -0.05) is 19.9 Å². The zero-order valence-electron chi connectivity index (χ0n) is 9.68. The fourth-order valence-electron chi connectivity index (χ4n) is 2.24. The van der Waals surface area contributed by atoms with Crippen molar-refractivity contribution in [2.75, 3.05) is 7.11 Å². The van der Waals surface area contributed by atoms with Crippen LogP contribution in [0, 0.1) is 5.41 Å². The summed E-state index contributed by atoms with van der Waals surface area (Å²) in [5.41, 5.74) is 6.33. The van der Waals surface area contributed by atoms with Gasteiger partial charge in [0.15, 0.2) is 0 Å². The summed E-state index contributed by atoms with van der Waals surface area (Å²) in [6.07, 6.45) is 6.26. The Bertz CT molecular complexity index is 200. The summed E-state index contributed by atoms with van der Waals surface area (Å²) >= 11 is 0. The van der Waals surface area contributed by atoms with Crippen molar-refractivity contribution in [3.63, 3.8) is 0 Å². The van der Waals surface area contributed by atoms with Crippen LogP contribution in [0.25, 0.3) is 0 Å². The van der Waals surface area contributed by atoms with E-state index in [2.05, 4.69) is 20.4 Å². The van der Waals surface area contributed by atoms with Crippen molar-refractivity contribution in [1.82, 2.24) is 0 Å². The Kier molecular flexibility index (Phi) is 3.38. The van der Waals surface area contributed by atoms with Gasteiger partial charge in [-0.15, -0.1) is 6.58 Å². The van der Waals surface area contributed by atoms with E-state index in [-0.39, 0.29) is 11.6 Å². The maximum Gasteiger partial charge on any atom is 0.0864 e. The molecule has 2 nitrogen and oxygen atoms in total. The smallest absolute Gasteiger partial charge is 0.0864 e. The number of hydrogen-bond donors (Lipinski definition) is 1. The van der Waals surface area contributed by atoms with Gasteiger partial charge < -0.3 is 10.5 Å². The molecule has 1 aliphatic rings. The van der Waals surface area contributed by atoms with E-state index in [4.69, 9.17) is 10.5 Å². The lowest BCUT2D eigenvalue weighted by molar-refractivity contribution is -0.0689. The fourth-order valence-corrected chi connectivity index (χ4v) is 2.24. The fraction of sp³-hybridized carbons (Fsp3) is 0.833. The third-order valence-electron chi connectivity index (χ3n) is 3.72. The first-order valence-corrected chi connectivity index (χ1v) is 5.39. The molecule has 1 aliphatic carbocycles. The minimum Gasteiger partial charge on any atom is -0.376 e. The maximum atomic E-state index is 6.04. The van der Waals surface area contributed by atoms with Crippen LogP contribution >= 0.6 is 0 Å². The molecule has 0 spiro atoms. The molecule has 0 aliphatic heterocycles. The first-order chi connectivity index (χ1) is 6.46. The summed E-state index contributed by atoms with van der Waals surface area (Å²) < 4.78 is 5.63. The molecule has 2 heteroatoms. The van der Waals surface area contributed by atoms with E-state index in [1.807, 2.05) is 6.08 Å². The van der Waals surface area contributed by atoms with Crippen molar-refractivity contribution in [3.8, 4) is 0 Å². The van der Waals surface area contributed by atoms with E-state index in [9.17, 15) is 0 Å². The van der Waals surface area contributed by atoms with Crippen LogP contribution < -0.4 is 5.73 Å². The molecule has 82 valence electrons. The first-order valence-electron chi connectivity index (χ1n) is 5.39. The molecule has 0 saturated heterocycles. The molecule has 14 heavy (non-hydrogen) atoms. The van der Waals surface area contributed by atoms with Crippen LogP contribution in [0.5, 0.6) is 0 Å². The second kappa shape index (κ2) is 4.03. The van der Waals surface area contributed by atoms with Crippen molar-refractivity contribution < 1.29 is 4.74 Å². The molecular formula is C12H23NO. The Morgan fingerprint density at radius 2 is 1.79 bits per heavy atom. The van der Waals surface area contributed by atoms with Gasteiger partial charge in [-0.3, -0.25) is 0 Å². The molecule has 0 heterocycles. The number of ether oxygens (including phenoxy) is 1. The molecule has 1 saturated carbocycles. The van der Waals surface area contributed by atoms with E-state index in [0.717, 1.165) is 12.8 Å². The number of nitrogens with two attached hydrogens (primary N) is 1. The average Bonchev–Trinajstić information content (AvgIpc) is 2.18. The van der Waals surface area contributed by atoms with Crippen molar-refractivity contribution >= 4 is 0 Å². The number of rotatable bonds is 3. The van der Waals surface area contributed by atoms with Gasteiger partial charge in [0, 0.05) is 7.11 Å². The number of methoxy groups -OCH3 is 1. The van der Waals surface area contributed by atoms with Crippen LogP contribution in [0.3, 0.4) is 0 Å². The van der Waals surface area contributed by atoms with Crippen LogP contribution in [0.15, 0.2) is 12.7 Å². The van der Waals surface area contributed by atoms with E-state index in [1.165, 1.54) is 12.8 Å². The van der Waals surface area contributed by atoms with Gasteiger partial charge in [-0.25, -0.2) is 0 Å². The topological polar surface area (TPSA) is 35.2 Å². The normalized spacial score (nSPS) is 26.9. The van der Waals surface area contributed by atoms with Crippen LogP contribution in [0.1, 0.15) is 39.5 Å². The van der Waals surface area contributed by atoms with Crippen LogP contribution in [0.2, 0.25) is 0 Å². The Balaban J connectivity index is 2.70. The highest BCUT2D eigenvalue weighted by Crippen LogP contribution is 2.43. The second-order valence-corrected chi connectivity index (χ2v) is 5.19. The molecule has 0 radical (unpaired) electrons. The highest BCUT2D eigenvalue weighted by Gasteiger charge is 2.41. The van der Waals surface area contributed by atoms with Crippen molar-refractivity contribution in [1.29, 1.82) is 0 Å². The molecule has 0 aromatic heterocycles. The van der Waals surface area contributed by atoms with Gasteiger partial charge in [0.1, 0.15) is 0 Å². The largest absolute Gasteiger partial charge is 0.376 e. The highest BCUT2D eigenvalue weighted by atomic mass is 16.5. The highest BCUT2D eigenvalue weighted by molar-refractivity contribution is 5.04. The van der Waals surface area contributed by atoms with Gasteiger partial charge in [0.05, 0.1) is 11.6 Å². The predicted octanol–water partition coefficient (Wildman–Crippen LogP) is 2.49. The summed E-state index contributed by atoms with van der Waals surface area (Å²) in [6, 6.07) is -0.0383.